The Morgan fingerprint density at radius 2 is 1.71 bits per heavy atom. The van der Waals surface area contributed by atoms with Gasteiger partial charge in [-0.15, -0.1) is 0 Å². The first-order valence-electron chi connectivity index (χ1n) is 16.6. The van der Waals surface area contributed by atoms with Gasteiger partial charge in [-0.05, 0) is 70.6 Å². The number of Topliss-reactive ketones (excluding diaryl/α,β-unsaturated/α-hetero) is 1. The van der Waals surface area contributed by atoms with Gasteiger partial charge in [-0.25, -0.2) is 14.4 Å². The zero-order valence-corrected chi connectivity index (χ0v) is 29.2. The minimum Gasteiger partial charge on any atom is -0.479 e. The first-order valence-corrected chi connectivity index (χ1v) is 16.6. The SMILES string of the molecule is CC(C)(C)OC(=O)[C@@](N)(CCC1(C(=O)[C@@H](N)CCCNC(=O)OCc2ccccc2)C=CC=CC1)C(=O)O.NC(=O)c1cnc2ccccc2c1. The zero-order valence-electron chi connectivity index (χ0n) is 29.2. The number of rotatable bonds is 14. The van der Waals surface area contributed by atoms with Crippen molar-refractivity contribution < 1.29 is 38.6 Å². The molecule has 3 aromatic rings. The van der Waals surface area contributed by atoms with Crippen molar-refractivity contribution in [3.05, 3.63) is 102 Å². The second-order valence-corrected chi connectivity index (χ2v) is 13.3. The van der Waals surface area contributed by atoms with E-state index in [0.29, 0.717) is 18.4 Å². The van der Waals surface area contributed by atoms with E-state index in [1.807, 2.05) is 54.6 Å². The Hall–Kier alpha value is -5.40. The maximum Gasteiger partial charge on any atom is 0.407 e. The number of hydrogen-bond acceptors (Lipinski definition) is 10. The lowest BCUT2D eigenvalue weighted by atomic mass is 9.69. The summed E-state index contributed by atoms with van der Waals surface area (Å²) >= 11 is 0. The molecule has 51 heavy (non-hydrogen) atoms. The fraction of sp³-hybridized carbons (Fsp3) is 0.368. The van der Waals surface area contributed by atoms with Crippen molar-refractivity contribution in [2.24, 2.45) is 22.6 Å². The standard InChI is InChI=1S/C28H39N3O7.C10H8N2O/c1-26(2,3)38-24(35)28(30,23(33)34)17-16-27(14-8-5-9-15-27)22(32)21(29)13-10-18-31-25(36)37-19-20-11-6-4-7-12-20;11-10(13)8-5-7-3-1-2-4-9(7)12-6-8/h4-9,11-12,14,21H,10,13,15-19,29-30H2,1-3H3,(H,31,36)(H,33,34);1-6H,(H2,11,13)/t21-,27?,28+;/m0./s1. The van der Waals surface area contributed by atoms with Crippen LogP contribution in [-0.2, 0) is 30.5 Å². The highest BCUT2D eigenvalue weighted by Gasteiger charge is 2.48. The second-order valence-electron chi connectivity index (χ2n) is 13.3. The largest absolute Gasteiger partial charge is 0.479 e. The number of carboxylic acid groups (broad SMARTS) is 1. The van der Waals surface area contributed by atoms with Crippen LogP contribution in [0.4, 0.5) is 4.79 Å². The number of primary amides is 1. The van der Waals surface area contributed by atoms with Crippen LogP contribution in [0.5, 0.6) is 0 Å². The van der Waals surface area contributed by atoms with Gasteiger partial charge in [0.05, 0.1) is 22.5 Å². The van der Waals surface area contributed by atoms with Crippen molar-refractivity contribution in [2.45, 2.75) is 76.7 Å². The summed E-state index contributed by atoms with van der Waals surface area (Å²) in [5.41, 5.74) is 15.2. The molecule has 0 aliphatic heterocycles. The number of ether oxygens (including phenoxy) is 2. The molecule has 0 fully saturated rings. The zero-order chi connectivity index (χ0) is 37.7. The van der Waals surface area contributed by atoms with Crippen molar-refractivity contribution in [3.8, 4) is 0 Å². The number of aliphatic carboxylic acids is 1. The van der Waals surface area contributed by atoms with Crippen LogP contribution in [0.1, 0.15) is 68.8 Å². The monoisotopic (exact) mass is 701 g/mol. The van der Waals surface area contributed by atoms with Gasteiger partial charge < -0.3 is 37.1 Å². The molecule has 272 valence electrons. The lowest BCUT2D eigenvalue weighted by molar-refractivity contribution is -0.170. The number of benzene rings is 2. The number of allylic oxidation sites excluding steroid dienone is 4. The summed E-state index contributed by atoms with van der Waals surface area (Å²) in [6.45, 7) is 5.26. The Labute approximate surface area is 297 Å². The van der Waals surface area contributed by atoms with Crippen LogP contribution in [0.25, 0.3) is 10.9 Å². The summed E-state index contributed by atoms with van der Waals surface area (Å²) < 4.78 is 10.4. The average Bonchev–Trinajstić information content (AvgIpc) is 3.11. The van der Waals surface area contributed by atoms with E-state index in [2.05, 4.69) is 10.3 Å². The predicted molar refractivity (Wildman–Crippen MR) is 192 cm³/mol. The van der Waals surface area contributed by atoms with Gasteiger partial charge in [0.15, 0.2) is 5.78 Å². The molecule has 3 atom stereocenters. The molecule has 2 amide bonds. The van der Waals surface area contributed by atoms with Gasteiger partial charge in [0.1, 0.15) is 12.2 Å². The van der Waals surface area contributed by atoms with Gasteiger partial charge in [-0.2, -0.15) is 0 Å². The molecule has 8 N–H and O–H groups in total. The maximum absolute atomic E-state index is 13.5. The Kier molecular flexibility index (Phi) is 14.1. The van der Waals surface area contributed by atoms with Crippen molar-refractivity contribution in [1.29, 1.82) is 0 Å². The number of carboxylic acids is 1. The van der Waals surface area contributed by atoms with E-state index in [4.69, 9.17) is 26.7 Å². The molecule has 1 aromatic heterocycles. The summed E-state index contributed by atoms with van der Waals surface area (Å²) in [6.07, 6.45) is 8.57. The molecule has 13 heteroatoms. The summed E-state index contributed by atoms with van der Waals surface area (Å²) in [4.78, 5) is 64.9. The van der Waals surface area contributed by atoms with Gasteiger partial charge in [0.2, 0.25) is 11.4 Å². The Balaban J connectivity index is 0.000000446. The average molecular weight is 702 g/mol. The summed E-state index contributed by atoms with van der Waals surface area (Å²) in [7, 11) is 0. The molecular weight excluding hydrogens is 654 g/mol. The molecule has 0 saturated carbocycles. The van der Waals surface area contributed by atoms with E-state index >= 15 is 0 Å². The number of fused-ring (bicyclic) bond motifs is 1. The number of nitrogens with one attached hydrogen (secondary N) is 1. The molecule has 4 rings (SSSR count). The van der Waals surface area contributed by atoms with E-state index in [-0.39, 0.29) is 38.2 Å². The molecular formula is C38H47N5O8. The minimum absolute atomic E-state index is 0.00746. The summed E-state index contributed by atoms with van der Waals surface area (Å²) in [5, 5.41) is 13.3. The predicted octanol–water partition coefficient (Wildman–Crippen LogP) is 4.33. The number of ketones is 1. The van der Waals surface area contributed by atoms with Crippen LogP contribution in [0.3, 0.4) is 0 Å². The quantitative estimate of drug-likeness (QED) is 0.0903. The highest BCUT2D eigenvalue weighted by Crippen LogP contribution is 2.37. The number of carbonyl (C=O) groups excluding carboxylic acids is 4. The molecule has 1 unspecified atom stereocenters. The highest BCUT2D eigenvalue weighted by molar-refractivity contribution is 6.04. The third-order valence-corrected chi connectivity index (χ3v) is 8.13. The lowest BCUT2D eigenvalue weighted by Gasteiger charge is -2.35. The summed E-state index contributed by atoms with van der Waals surface area (Å²) in [6, 6.07) is 17.7. The Bertz CT molecular complexity index is 1750. The van der Waals surface area contributed by atoms with Gasteiger partial charge in [-0.3, -0.25) is 14.6 Å². The number of para-hydroxylation sites is 1. The third kappa shape index (κ3) is 11.9. The van der Waals surface area contributed by atoms with Crippen LogP contribution >= 0.6 is 0 Å². The van der Waals surface area contributed by atoms with Gasteiger partial charge in [0.25, 0.3) is 0 Å². The number of amides is 2. The number of aromatic nitrogens is 1. The molecule has 1 aliphatic carbocycles. The van der Waals surface area contributed by atoms with Gasteiger partial charge in [0, 0.05) is 18.1 Å². The fourth-order valence-electron chi connectivity index (χ4n) is 5.23. The number of nitrogens with zero attached hydrogens (tertiary/aromatic N) is 1. The van der Waals surface area contributed by atoms with E-state index in [1.165, 1.54) is 6.20 Å². The number of esters is 1. The molecule has 13 nitrogen and oxygen atoms in total. The van der Waals surface area contributed by atoms with Gasteiger partial charge in [-0.1, -0.05) is 72.8 Å². The maximum atomic E-state index is 13.5. The van der Waals surface area contributed by atoms with Crippen LogP contribution in [-0.4, -0.2) is 63.5 Å². The lowest BCUT2D eigenvalue weighted by Crippen LogP contribution is -2.58. The number of hydrogen-bond donors (Lipinski definition) is 5. The fourth-order valence-corrected chi connectivity index (χ4v) is 5.23. The molecule has 1 aliphatic rings. The first kappa shape index (κ1) is 40.0. The Morgan fingerprint density at radius 1 is 1.02 bits per heavy atom. The third-order valence-electron chi connectivity index (χ3n) is 8.13. The van der Waals surface area contributed by atoms with Crippen LogP contribution < -0.4 is 22.5 Å². The number of alkyl carbamates (subject to hydrolysis) is 1. The van der Waals surface area contributed by atoms with E-state index < -0.39 is 46.5 Å². The molecule has 0 radical (unpaired) electrons. The highest BCUT2D eigenvalue weighted by atomic mass is 16.6. The van der Waals surface area contributed by atoms with Crippen LogP contribution in [0.2, 0.25) is 0 Å². The minimum atomic E-state index is -2.32. The van der Waals surface area contributed by atoms with Crippen molar-refractivity contribution in [1.82, 2.24) is 10.3 Å². The van der Waals surface area contributed by atoms with Gasteiger partial charge >= 0.3 is 18.0 Å². The smallest absolute Gasteiger partial charge is 0.407 e. The van der Waals surface area contributed by atoms with E-state index in [9.17, 15) is 29.1 Å². The number of pyridine rings is 1. The topological polar surface area (TPSA) is 227 Å². The molecule has 0 saturated heterocycles. The normalized spacial score (nSPS) is 16.9. The molecule has 0 spiro atoms. The van der Waals surface area contributed by atoms with E-state index in [1.54, 1.807) is 51.1 Å². The van der Waals surface area contributed by atoms with E-state index in [0.717, 1.165) is 16.5 Å². The van der Waals surface area contributed by atoms with Crippen LogP contribution in [0.15, 0.2) is 91.2 Å². The number of carbonyl (C=O) groups is 5. The van der Waals surface area contributed by atoms with Crippen molar-refractivity contribution >= 4 is 40.6 Å². The first-order chi connectivity index (χ1) is 24.1. The van der Waals surface area contributed by atoms with Crippen molar-refractivity contribution in [2.75, 3.05) is 6.54 Å². The van der Waals surface area contributed by atoms with Crippen molar-refractivity contribution in [3.63, 3.8) is 0 Å². The van der Waals surface area contributed by atoms with Crippen LogP contribution in [0, 0.1) is 5.41 Å². The molecule has 2 aromatic carbocycles. The molecule has 1 heterocycles. The molecule has 0 bridgehead atoms. The second kappa shape index (κ2) is 18.0. The Morgan fingerprint density at radius 3 is 2.33 bits per heavy atom. The summed E-state index contributed by atoms with van der Waals surface area (Å²) in [5.74, 6) is -3.33. The number of nitrogens with two attached hydrogens (primary N) is 3.